The van der Waals surface area contributed by atoms with Crippen molar-refractivity contribution in [2.45, 2.75) is 38.3 Å². The van der Waals surface area contributed by atoms with Gasteiger partial charge in [-0.2, -0.15) is 0 Å². The second kappa shape index (κ2) is 5.93. The number of nitrogens with zero attached hydrogens (tertiary/aromatic N) is 1. The molecule has 1 aliphatic heterocycles. The van der Waals surface area contributed by atoms with Gasteiger partial charge in [0.25, 0.3) is 0 Å². The van der Waals surface area contributed by atoms with Gasteiger partial charge in [0.05, 0.1) is 12.7 Å². The molecule has 2 atom stereocenters. The van der Waals surface area contributed by atoms with Gasteiger partial charge in [-0.1, -0.05) is 17.7 Å². The molecular formula is C16H24N2O. The molecule has 3 nitrogen and oxygen atoms in total. The van der Waals surface area contributed by atoms with Crippen LogP contribution in [0.25, 0.3) is 0 Å². The zero-order valence-electron chi connectivity index (χ0n) is 11.8. The SMILES string of the molecule is Cc1ccc(NCCN2CCOC3CCCC32)cc1. The van der Waals surface area contributed by atoms with Gasteiger partial charge < -0.3 is 10.1 Å². The number of hydrogen-bond acceptors (Lipinski definition) is 3. The van der Waals surface area contributed by atoms with Crippen LogP contribution in [0.4, 0.5) is 5.69 Å². The Morgan fingerprint density at radius 3 is 2.95 bits per heavy atom. The molecule has 104 valence electrons. The zero-order valence-corrected chi connectivity index (χ0v) is 11.8. The number of morpholine rings is 1. The van der Waals surface area contributed by atoms with Crippen molar-refractivity contribution in [3.63, 3.8) is 0 Å². The molecule has 1 aromatic rings. The molecule has 2 aliphatic rings. The van der Waals surface area contributed by atoms with E-state index in [-0.39, 0.29) is 0 Å². The van der Waals surface area contributed by atoms with Crippen LogP contribution in [0.15, 0.2) is 24.3 Å². The van der Waals surface area contributed by atoms with E-state index < -0.39 is 0 Å². The highest BCUT2D eigenvalue weighted by Crippen LogP contribution is 2.29. The molecule has 0 bridgehead atoms. The van der Waals surface area contributed by atoms with Crippen molar-refractivity contribution in [1.29, 1.82) is 0 Å². The lowest BCUT2D eigenvalue weighted by Crippen LogP contribution is -2.49. The standard InChI is InChI=1S/C16H24N2O/c1-13-5-7-14(8-6-13)17-9-10-18-11-12-19-16-4-2-3-15(16)18/h5-8,15-17H,2-4,9-12H2,1H3. The normalized spacial score (nSPS) is 27.2. The van der Waals surface area contributed by atoms with Gasteiger partial charge in [-0.25, -0.2) is 0 Å². The molecule has 0 spiro atoms. The molecule has 1 heterocycles. The van der Waals surface area contributed by atoms with E-state index in [0.29, 0.717) is 12.1 Å². The van der Waals surface area contributed by atoms with E-state index in [1.165, 1.54) is 30.5 Å². The molecular weight excluding hydrogens is 236 g/mol. The van der Waals surface area contributed by atoms with Crippen molar-refractivity contribution in [3.8, 4) is 0 Å². The molecule has 19 heavy (non-hydrogen) atoms. The molecule has 0 aromatic heterocycles. The van der Waals surface area contributed by atoms with Gasteiger partial charge in [0.15, 0.2) is 0 Å². The minimum atomic E-state index is 0.508. The molecule has 1 aromatic carbocycles. The van der Waals surface area contributed by atoms with E-state index >= 15 is 0 Å². The summed E-state index contributed by atoms with van der Waals surface area (Å²) in [6.07, 6.45) is 4.41. The fourth-order valence-corrected chi connectivity index (χ4v) is 3.30. The number of nitrogens with one attached hydrogen (secondary N) is 1. The van der Waals surface area contributed by atoms with Crippen LogP contribution in [0.3, 0.4) is 0 Å². The lowest BCUT2D eigenvalue weighted by atomic mass is 10.1. The number of ether oxygens (including phenoxy) is 1. The molecule has 3 rings (SSSR count). The van der Waals surface area contributed by atoms with E-state index in [4.69, 9.17) is 4.74 Å². The largest absolute Gasteiger partial charge is 0.384 e. The van der Waals surface area contributed by atoms with E-state index in [0.717, 1.165) is 26.2 Å². The summed E-state index contributed by atoms with van der Waals surface area (Å²) in [5.41, 5.74) is 2.54. The van der Waals surface area contributed by atoms with Crippen molar-refractivity contribution < 1.29 is 4.74 Å². The molecule has 0 amide bonds. The monoisotopic (exact) mass is 260 g/mol. The van der Waals surface area contributed by atoms with Gasteiger partial charge in [0.1, 0.15) is 0 Å². The highest BCUT2D eigenvalue weighted by Gasteiger charge is 2.35. The Kier molecular flexibility index (Phi) is 4.04. The smallest absolute Gasteiger partial charge is 0.0730 e. The summed E-state index contributed by atoms with van der Waals surface area (Å²) in [4.78, 5) is 2.61. The second-order valence-electron chi connectivity index (χ2n) is 5.74. The molecule has 1 saturated carbocycles. The van der Waals surface area contributed by atoms with Gasteiger partial charge in [-0.15, -0.1) is 0 Å². The molecule has 2 unspecified atom stereocenters. The van der Waals surface area contributed by atoms with Crippen LogP contribution in [0.1, 0.15) is 24.8 Å². The number of rotatable bonds is 4. The van der Waals surface area contributed by atoms with Crippen LogP contribution in [0, 0.1) is 6.92 Å². The third-order valence-electron chi connectivity index (χ3n) is 4.38. The average molecular weight is 260 g/mol. The molecule has 2 fully saturated rings. The number of hydrogen-bond donors (Lipinski definition) is 1. The van der Waals surface area contributed by atoms with Crippen LogP contribution in [0.5, 0.6) is 0 Å². The van der Waals surface area contributed by atoms with Gasteiger partial charge >= 0.3 is 0 Å². The van der Waals surface area contributed by atoms with E-state index in [1.807, 2.05) is 0 Å². The lowest BCUT2D eigenvalue weighted by molar-refractivity contribution is -0.0539. The molecule has 1 saturated heterocycles. The minimum Gasteiger partial charge on any atom is -0.384 e. The lowest BCUT2D eigenvalue weighted by Gasteiger charge is -2.37. The molecule has 0 radical (unpaired) electrons. The van der Waals surface area contributed by atoms with Crippen LogP contribution < -0.4 is 5.32 Å². The maximum absolute atomic E-state index is 5.85. The third-order valence-corrected chi connectivity index (χ3v) is 4.38. The van der Waals surface area contributed by atoms with Crippen LogP contribution >= 0.6 is 0 Å². The van der Waals surface area contributed by atoms with Crippen molar-refractivity contribution in [2.75, 3.05) is 31.6 Å². The summed E-state index contributed by atoms with van der Waals surface area (Å²) in [6, 6.07) is 9.31. The summed E-state index contributed by atoms with van der Waals surface area (Å²) in [7, 11) is 0. The van der Waals surface area contributed by atoms with Crippen LogP contribution in [-0.2, 0) is 4.74 Å². The highest BCUT2D eigenvalue weighted by atomic mass is 16.5. The maximum atomic E-state index is 5.85. The first kappa shape index (κ1) is 12.9. The van der Waals surface area contributed by atoms with Crippen LogP contribution in [0.2, 0.25) is 0 Å². The maximum Gasteiger partial charge on any atom is 0.0730 e. The Balaban J connectivity index is 1.48. The highest BCUT2D eigenvalue weighted by molar-refractivity contribution is 5.44. The summed E-state index contributed by atoms with van der Waals surface area (Å²) >= 11 is 0. The van der Waals surface area contributed by atoms with E-state index in [2.05, 4.69) is 41.4 Å². The zero-order chi connectivity index (χ0) is 13.1. The van der Waals surface area contributed by atoms with Gasteiger partial charge in [-0.05, 0) is 38.3 Å². The molecule has 1 N–H and O–H groups in total. The molecule has 3 heteroatoms. The van der Waals surface area contributed by atoms with Crippen LogP contribution in [-0.4, -0.2) is 43.3 Å². The van der Waals surface area contributed by atoms with Crippen molar-refractivity contribution in [2.24, 2.45) is 0 Å². The number of fused-ring (bicyclic) bond motifs is 1. The average Bonchev–Trinajstić information content (AvgIpc) is 2.90. The van der Waals surface area contributed by atoms with Crippen molar-refractivity contribution >= 4 is 5.69 Å². The second-order valence-corrected chi connectivity index (χ2v) is 5.74. The van der Waals surface area contributed by atoms with E-state index in [1.54, 1.807) is 0 Å². The Morgan fingerprint density at radius 1 is 1.26 bits per heavy atom. The predicted octanol–water partition coefficient (Wildman–Crippen LogP) is 2.66. The summed E-state index contributed by atoms with van der Waals surface area (Å²) in [5.74, 6) is 0. The predicted molar refractivity (Wildman–Crippen MR) is 78.6 cm³/mol. The van der Waals surface area contributed by atoms with Crippen molar-refractivity contribution in [3.05, 3.63) is 29.8 Å². The number of benzene rings is 1. The van der Waals surface area contributed by atoms with Gasteiger partial charge in [-0.3, -0.25) is 4.90 Å². The summed E-state index contributed by atoms with van der Waals surface area (Å²) < 4.78 is 5.85. The quantitative estimate of drug-likeness (QED) is 0.900. The topological polar surface area (TPSA) is 24.5 Å². The number of anilines is 1. The molecule has 1 aliphatic carbocycles. The third kappa shape index (κ3) is 3.10. The minimum absolute atomic E-state index is 0.508. The van der Waals surface area contributed by atoms with Gasteiger partial charge in [0, 0.05) is 31.4 Å². The number of aryl methyl sites for hydroxylation is 1. The first-order chi connectivity index (χ1) is 9.33. The summed E-state index contributed by atoms with van der Waals surface area (Å²) in [5, 5.41) is 3.52. The Bertz CT molecular complexity index is 404. The Hall–Kier alpha value is -1.06. The first-order valence-electron chi connectivity index (χ1n) is 7.49. The Morgan fingerprint density at radius 2 is 2.11 bits per heavy atom. The van der Waals surface area contributed by atoms with Crippen molar-refractivity contribution in [1.82, 2.24) is 4.90 Å². The fraction of sp³-hybridized carbons (Fsp3) is 0.625. The first-order valence-corrected chi connectivity index (χ1v) is 7.49. The summed E-state index contributed by atoms with van der Waals surface area (Å²) in [6.45, 7) is 6.27. The van der Waals surface area contributed by atoms with Gasteiger partial charge in [0.2, 0.25) is 0 Å². The fourth-order valence-electron chi connectivity index (χ4n) is 3.30. The Labute approximate surface area is 115 Å². The van der Waals surface area contributed by atoms with E-state index in [9.17, 15) is 0 Å².